The van der Waals surface area contributed by atoms with Crippen LogP contribution in [0.2, 0.25) is 5.02 Å². The van der Waals surface area contributed by atoms with Crippen molar-refractivity contribution in [3.05, 3.63) is 63.4 Å². The van der Waals surface area contributed by atoms with E-state index in [-0.39, 0.29) is 59.8 Å². The maximum atomic E-state index is 14.6. The Labute approximate surface area is 213 Å². The molecular formula is C25H25ClFN3O5S. The van der Waals surface area contributed by atoms with Crippen LogP contribution in [-0.4, -0.2) is 54.5 Å². The number of fused-ring (bicyclic) bond motifs is 1. The van der Waals surface area contributed by atoms with Crippen LogP contribution in [0.1, 0.15) is 58.6 Å². The van der Waals surface area contributed by atoms with E-state index in [1.807, 2.05) is 0 Å². The number of hydrogen-bond donors (Lipinski definition) is 1. The average molecular weight is 534 g/mol. The first kappa shape index (κ1) is 24.9. The van der Waals surface area contributed by atoms with Crippen molar-refractivity contribution in [1.29, 1.82) is 0 Å². The van der Waals surface area contributed by atoms with Gasteiger partial charge in [0.05, 0.1) is 5.02 Å². The fourth-order valence-electron chi connectivity index (χ4n) is 5.50. The van der Waals surface area contributed by atoms with E-state index in [0.717, 1.165) is 0 Å². The molecule has 3 aliphatic rings. The van der Waals surface area contributed by atoms with Gasteiger partial charge in [-0.3, -0.25) is 19.7 Å². The number of aryl methyl sites for hydroxylation is 1. The van der Waals surface area contributed by atoms with Gasteiger partial charge in [0.25, 0.3) is 5.91 Å². The zero-order valence-corrected chi connectivity index (χ0v) is 21.2. The van der Waals surface area contributed by atoms with Crippen LogP contribution in [0.3, 0.4) is 0 Å². The molecule has 0 aromatic heterocycles. The van der Waals surface area contributed by atoms with Gasteiger partial charge in [0.1, 0.15) is 16.8 Å². The van der Waals surface area contributed by atoms with Crippen molar-refractivity contribution in [2.75, 3.05) is 13.1 Å². The topological polar surface area (TPSA) is 104 Å². The third-order valence-electron chi connectivity index (χ3n) is 7.31. The maximum Gasteiger partial charge on any atom is 0.255 e. The predicted octanol–water partition coefficient (Wildman–Crippen LogP) is 3.12. The standard InChI is InChI=1S/C25H25ClFN3O5S/c1-14-3-2-4-20(26)23(14)36(34,35)29-9-7-15(8-10-29)17-11-16(27)12-18-19(17)13-30(25(18)33)21-5-6-22(31)28-24(21)32/h2-4,11-12,15,21H,5-10,13H2,1H3,(H,28,31,32). The molecule has 1 atom stereocenters. The van der Waals surface area contributed by atoms with Gasteiger partial charge in [0, 0.05) is 31.6 Å². The highest BCUT2D eigenvalue weighted by molar-refractivity contribution is 7.89. The van der Waals surface area contributed by atoms with Crippen molar-refractivity contribution >= 4 is 39.3 Å². The third kappa shape index (κ3) is 4.21. The molecule has 1 unspecified atom stereocenters. The summed E-state index contributed by atoms with van der Waals surface area (Å²) in [5.74, 6) is -2.04. The minimum Gasteiger partial charge on any atom is -0.322 e. The van der Waals surface area contributed by atoms with Gasteiger partial charge < -0.3 is 4.90 Å². The van der Waals surface area contributed by atoms with Gasteiger partial charge in [-0.05, 0) is 67.0 Å². The number of carbonyl (C=O) groups is 3. The first-order chi connectivity index (χ1) is 17.1. The smallest absolute Gasteiger partial charge is 0.255 e. The largest absolute Gasteiger partial charge is 0.322 e. The molecule has 0 saturated carbocycles. The quantitative estimate of drug-likeness (QED) is 0.608. The summed E-state index contributed by atoms with van der Waals surface area (Å²) in [6.07, 6.45) is 1.26. The van der Waals surface area contributed by atoms with Gasteiger partial charge in [-0.25, -0.2) is 12.8 Å². The van der Waals surface area contributed by atoms with Crippen molar-refractivity contribution in [3.8, 4) is 0 Å². The van der Waals surface area contributed by atoms with Crippen LogP contribution in [0.4, 0.5) is 4.39 Å². The number of imide groups is 1. The summed E-state index contributed by atoms with van der Waals surface area (Å²) in [6, 6.07) is 6.76. The molecule has 5 rings (SSSR count). The average Bonchev–Trinajstić information content (AvgIpc) is 3.14. The fraction of sp³-hybridized carbons (Fsp3) is 0.400. The van der Waals surface area contributed by atoms with Crippen LogP contribution in [0.5, 0.6) is 0 Å². The minimum absolute atomic E-state index is 0.0993. The molecule has 2 aromatic rings. The molecule has 2 aromatic carbocycles. The number of benzene rings is 2. The van der Waals surface area contributed by atoms with Gasteiger partial charge in [-0.1, -0.05) is 23.7 Å². The van der Waals surface area contributed by atoms with Crippen molar-refractivity contribution in [1.82, 2.24) is 14.5 Å². The summed E-state index contributed by atoms with van der Waals surface area (Å²) in [5, 5.41) is 2.44. The SMILES string of the molecule is Cc1cccc(Cl)c1S(=O)(=O)N1CCC(c2cc(F)cc3c2CN(C2CCC(=O)NC2=O)C3=O)CC1. The lowest BCUT2D eigenvalue weighted by molar-refractivity contribution is -0.136. The van der Waals surface area contributed by atoms with Crippen LogP contribution in [0, 0.1) is 12.7 Å². The molecule has 2 saturated heterocycles. The Balaban J connectivity index is 1.37. The van der Waals surface area contributed by atoms with Gasteiger partial charge in [-0.2, -0.15) is 4.31 Å². The Hall–Kier alpha value is -2.82. The van der Waals surface area contributed by atoms with Crippen molar-refractivity contribution in [3.63, 3.8) is 0 Å². The highest BCUT2D eigenvalue weighted by atomic mass is 35.5. The van der Waals surface area contributed by atoms with Gasteiger partial charge in [-0.15, -0.1) is 0 Å². The highest BCUT2D eigenvalue weighted by Gasteiger charge is 2.41. The van der Waals surface area contributed by atoms with Gasteiger partial charge in [0.2, 0.25) is 21.8 Å². The summed E-state index contributed by atoms with van der Waals surface area (Å²) in [7, 11) is -3.80. The molecule has 8 nitrogen and oxygen atoms in total. The summed E-state index contributed by atoms with van der Waals surface area (Å²) in [4.78, 5) is 38.5. The van der Waals surface area contributed by atoms with E-state index in [1.54, 1.807) is 25.1 Å². The molecule has 3 heterocycles. The number of halogens is 2. The number of amides is 3. The molecule has 2 fully saturated rings. The van der Waals surface area contributed by atoms with E-state index in [4.69, 9.17) is 11.6 Å². The highest BCUT2D eigenvalue weighted by Crippen LogP contribution is 2.39. The Morgan fingerprint density at radius 1 is 1.08 bits per heavy atom. The Bertz CT molecular complexity index is 1370. The normalized spacial score (nSPS) is 21.6. The van der Waals surface area contributed by atoms with E-state index < -0.39 is 33.7 Å². The molecule has 3 aliphatic heterocycles. The van der Waals surface area contributed by atoms with Crippen LogP contribution >= 0.6 is 11.6 Å². The summed E-state index contributed by atoms with van der Waals surface area (Å²) in [5.41, 5.74) is 2.12. The molecular weight excluding hydrogens is 509 g/mol. The van der Waals surface area contributed by atoms with E-state index in [0.29, 0.717) is 29.5 Å². The van der Waals surface area contributed by atoms with E-state index in [2.05, 4.69) is 5.32 Å². The van der Waals surface area contributed by atoms with E-state index in [1.165, 1.54) is 21.3 Å². The van der Waals surface area contributed by atoms with Crippen LogP contribution in [0.15, 0.2) is 35.2 Å². The lowest BCUT2D eigenvalue weighted by Gasteiger charge is -2.33. The molecule has 3 amide bonds. The Morgan fingerprint density at radius 2 is 1.81 bits per heavy atom. The summed E-state index contributed by atoms with van der Waals surface area (Å²) < 4.78 is 42.6. The van der Waals surface area contributed by atoms with E-state index in [9.17, 15) is 27.2 Å². The summed E-state index contributed by atoms with van der Waals surface area (Å²) in [6.45, 7) is 2.31. The zero-order valence-electron chi connectivity index (χ0n) is 19.6. The molecule has 0 radical (unpaired) electrons. The molecule has 0 spiro atoms. The van der Waals surface area contributed by atoms with Gasteiger partial charge >= 0.3 is 0 Å². The molecule has 0 aliphatic carbocycles. The number of carbonyl (C=O) groups excluding carboxylic acids is 3. The molecule has 0 bridgehead atoms. The molecule has 190 valence electrons. The lowest BCUT2D eigenvalue weighted by atomic mass is 9.86. The van der Waals surface area contributed by atoms with Crippen LogP contribution < -0.4 is 5.32 Å². The Morgan fingerprint density at radius 3 is 2.47 bits per heavy atom. The maximum absolute atomic E-state index is 14.6. The zero-order chi connectivity index (χ0) is 25.8. The first-order valence-electron chi connectivity index (χ1n) is 11.8. The number of nitrogens with zero attached hydrogens (tertiary/aromatic N) is 2. The number of hydrogen-bond acceptors (Lipinski definition) is 5. The number of sulfonamides is 1. The van der Waals surface area contributed by atoms with Crippen LogP contribution in [0.25, 0.3) is 0 Å². The number of rotatable bonds is 4. The van der Waals surface area contributed by atoms with Crippen LogP contribution in [-0.2, 0) is 26.2 Å². The lowest BCUT2D eigenvalue weighted by Crippen LogP contribution is -2.52. The second-order valence-corrected chi connectivity index (χ2v) is 11.8. The Kier molecular flexibility index (Phi) is 6.38. The summed E-state index contributed by atoms with van der Waals surface area (Å²) >= 11 is 6.22. The monoisotopic (exact) mass is 533 g/mol. The van der Waals surface area contributed by atoms with Crippen molar-refractivity contribution in [2.24, 2.45) is 0 Å². The van der Waals surface area contributed by atoms with Gasteiger partial charge in [0.15, 0.2) is 0 Å². The second-order valence-electron chi connectivity index (χ2n) is 9.49. The predicted molar refractivity (Wildman–Crippen MR) is 129 cm³/mol. The molecule has 11 heteroatoms. The second kappa shape index (κ2) is 9.24. The van der Waals surface area contributed by atoms with Crippen molar-refractivity contribution < 1.29 is 27.2 Å². The molecule has 1 N–H and O–H groups in total. The number of piperidine rings is 2. The first-order valence-corrected chi connectivity index (χ1v) is 13.6. The van der Waals surface area contributed by atoms with E-state index >= 15 is 0 Å². The fourth-order valence-corrected chi connectivity index (χ4v) is 7.75. The number of nitrogens with one attached hydrogen (secondary N) is 1. The third-order valence-corrected chi connectivity index (χ3v) is 9.84. The molecule has 36 heavy (non-hydrogen) atoms. The van der Waals surface area contributed by atoms with Crippen molar-refractivity contribution in [2.45, 2.75) is 56.0 Å². The minimum atomic E-state index is -3.80.